The molecular weight excluding hydrogens is 304 g/mol. The quantitative estimate of drug-likeness (QED) is 0.879. The Bertz CT molecular complexity index is 698. The number of aromatic amines is 1. The maximum Gasteiger partial charge on any atom is 0.272 e. The van der Waals surface area contributed by atoms with Crippen LogP contribution in [0.25, 0.3) is 0 Å². The lowest BCUT2D eigenvalue weighted by Gasteiger charge is -2.31. The van der Waals surface area contributed by atoms with E-state index in [1.54, 1.807) is 6.07 Å². The fraction of sp³-hybridized carbons (Fsp3) is 0.444. The molecule has 0 radical (unpaired) electrons. The van der Waals surface area contributed by atoms with Crippen LogP contribution in [-0.4, -0.2) is 46.8 Å². The molecule has 0 spiro atoms. The third-order valence-electron chi connectivity index (χ3n) is 4.11. The van der Waals surface area contributed by atoms with Crippen molar-refractivity contribution in [1.82, 2.24) is 20.4 Å². The van der Waals surface area contributed by atoms with Crippen LogP contribution in [0, 0.1) is 6.92 Å². The van der Waals surface area contributed by atoms with E-state index in [1.807, 2.05) is 19.1 Å². The number of amides is 1. The number of H-pyrrole nitrogens is 1. The van der Waals surface area contributed by atoms with E-state index in [0.717, 1.165) is 37.5 Å². The van der Waals surface area contributed by atoms with Crippen LogP contribution in [-0.2, 0) is 17.8 Å². The normalized spacial score (nSPS) is 18.5. The first kappa shape index (κ1) is 16.7. The van der Waals surface area contributed by atoms with Gasteiger partial charge in [-0.3, -0.25) is 14.8 Å². The Morgan fingerprint density at radius 3 is 3.00 bits per heavy atom. The lowest BCUT2D eigenvalue weighted by molar-refractivity contribution is -0.0212. The molecule has 0 aliphatic carbocycles. The number of aromatic nitrogens is 2. The van der Waals surface area contributed by atoms with Gasteiger partial charge in [0.05, 0.1) is 12.7 Å². The number of ether oxygens (including phenoxy) is 1. The highest BCUT2D eigenvalue weighted by atomic mass is 16.5. The summed E-state index contributed by atoms with van der Waals surface area (Å²) in [6.45, 7) is 8.10. The first-order valence-corrected chi connectivity index (χ1v) is 8.32. The van der Waals surface area contributed by atoms with Gasteiger partial charge in [-0.15, -0.1) is 0 Å². The molecule has 1 fully saturated rings. The molecule has 6 nitrogen and oxygen atoms in total. The van der Waals surface area contributed by atoms with Crippen LogP contribution in [0.5, 0.6) is 0 Å². The Morgan fingerprint density at radius 2 is 2.25 bits per heavy atom. The van der Waals surface area contributed by atoms with Gasteiger partial charge in [0.25, 0.3) is 5.91 Å². The minimum atomic E-state index is -0.160. The number of carbonyl (C=O) groups is 1. The lowest BCUT2D eigenvalue weighted by Crippen LogP contribution is -2.40. The maximum atomic E-state index is 12.1. The Balaban J connectivity index is 1.56. The Morgan fingerprint density at radius 1 is 1.42 bits per heavy atom. The highest BCUT2D eigenvalue weighted by Gasteiger charge is 2.16. The van der Waals surface area contributed by atoms with E-state index >= 15 is 0 Å². The van der Waals surface area contributed by atoms with Gasteiger partial charge in [-0.2, -0.15) is 5.10 Å². The molecule has 1 atom stereocenters. The van der Waals surface area contributed by atoms with E-state index < -0.39 is 0 Å². The van der Waals surface area contributed by atoms with Crippen molar-refractivity contribution in [2.45, 2.75) is 33.0 Å². The van der Waals surface area contributed by atoms with Gasteiger partial charge in [0.1, 0.15) is 5.69 Å². The molecular formula is C18H24N4O2. The summed E-state index contributed by atoms with van der Waals surface area (Å²) in [7, 11) is 0. The van der Waals surface area contributed by atoms with Gasteiger partial charge in [0.2, 0.25) is 0 Å². The van der Waals surface area contributed by atoms with Crippen molar-refractivity contribution in [3.63, 3.8) is 0 Å². The molecule has 3 rings (SSSR count). The molecule has 1 aromatic carbocycles. The van der Waals surface area contributed by atoms with Gasteiger partial charge in [-0.1, -0.05) is 24.3 Å². The second-order valence-electron chi connectivity index (χ2n) is 6.36. The summed E-state index contributed by atoms with van der Waals surface area (Å²) in [5, 5.41) is 9.67. The summed E-state index contributed by atoms with van der Waals surface area (Å²) in [6, 6.07) is 10.1. The number of hydrogen-bond donors (Lipinski definition) is 2. The molecule has 0 saturated carbocycles. The largest absolute Gasteiger partial charge is 0.376 e. The third kappa shape index (κ3) is 4.43. The average molecular weight is 328 g/mol. The third-order valence-corrected chi connectivity index (χ3v) is 4.11. The molecule has 6 heteroatoms. The summed E-state index contributed by atoms with van der Waals surface area (Å²) in [4.78, 5) is 14.5. The molecule has 2 heterocycles. The minimum Gasteiger partial charge on any atom is -0.376 e. The van der Waals surface area contributed by atoms with Crippen LogP contribution in [0.4, 0.5) is 0 Å². The van der Waals surface area contributed by atoms with Gasteiger partial charge < -0.3 is 10.1 Å². The fourth-order valence-electron chi connectivity index (χ4n) is 2.94. The van der Waals surface area contributed by atoms with Crippen LogP contribution in [0.1, 0.15) is 34.2 Å². The van der Waals surface area contributed by atoms with Gasteiger partial charge >= 0.3 is 0 Å². The maximum absolute atomic E-state index is 12.1. The SMILES string of the molecule is Cc1cc(C(=O)NCc2cccc(CN3CCO[C@@H](C)C3)c2)n[nH]1. The molecule has 2 N–H and O–H groups in total. The van der Waals surface area contributed by atoms with E-state index in [2.05, 4.69) is 39.5 Å². The Labute approximate surface area is 142 Å². The van der Waals surface area contributed by atoms with E-state index in [0.29, 0.717) is 18.3 Å². The van der Waals surface area contributed by atoms with Crippen molar-refractivity contribution >= 4 is 5.91 Å². The highest BCUT2D eigenvalue weighted by Crippen LogP contribution is 2.12. The first-order valence-electron chi connectivity index (χ1n) is 8.32. The highest BCUT2D eigenvalue weighted by molar-refractivity contribution is 5.92. The van der Waals surface area contributed by atoms with Gasteiger partial charge in [0, 0.05) is 31.9 Å². The Kier molecular flexibility index (Phi) is 5.27. The second kappa shape index (κ2) is 7.59. The van der Waals surface area contributed by atoms with Crippen molar-refractivity contribution in [1.29, 1.82) is 0 Å². The fourth-order valence-corrected chi connectivity index (χ4v) is 2.94. The van der Waals surface area contributed by atoms with Crippen molar-refractivity contribution in [2.75, 3.05) is 19.7 Å². The van der Waals surface area contributed by atoms with E-state index in [4.69, 9.17) is 4.74 Å². The van der Waals surface area contributed by atoms with Crippen molar-refractivity contribution in [3.8, 4) is 0 Å². The molecule has 1 saturated heterocycles. The van der Waals surface area contributed by atoms with Crippen LogP contribution in [0.2, 0.25) is 0 Å². The van der Waals surface area contributed by atoms with E-state index in [9.17, 15) is 4.79 Å². The molecule has 24 heavy (non-hydrogen) atoms. The van der Waals surface area contributed by atoms with Crippen LogP contribution in [0.3, 0.4) is 0 Å². The molecule has 1 aliphatic heterocycles. The molecule has 2 aromatic rings. The second-order valence-corrected chi connectivity index (χ2v) is 6.36. The number of aryl methyl sites for hydroxylation is 1. The molecule has 1 aromatic heterocycles. The van der Waals surface area contributed by atoms with Gasteiger partial charge in [-0.25, -0.2) is 0 Å². The van der Waals surface area contributed by atoms with Crippen molar-refractivity contribution in [2.24, 2.45) is 0 Å². The summed E-state index contributed by atoms with van der Waals surface area (Å²) in [5.74, 6) is -0.160. The molecule has 128 valence electrons. The van der Waals surface area contributed by atoms with Crippen LogP contribution in [0.15, 0.2) is 30.3 Å². The Hall–Kier alpha value is -2.18. The summed E-state index contributed by atoms with van der Waals surface area (Å²) < 4.78 is 5.58. The summed E-state index contributed by atoms with van der Waals surface area (Å²) in [6.07, 6.45) is 0.290. The summed E-state index contributed by atoms with van der Waals surface area (Å²) in [5.41, 5.74) is 3.65. The lowest BCUT2D eigenvalue weighted by atomic mass is 10.1. The molecule has 0 bridgehead atoms. The predicted octanol–water partition coefficient (Wildman–Crippen LogP) is 1.87. The summed E-state index contributed by atoms with van der Waals surface area (Å²) >= 11 is 0. The van der Waals surface area contributed by atoms with Crippen LogP contribution < -0.4 is 5.32 Å². The monoisotopic (exact) mass is 328 g/mol. The number of benzene rings is 1. The first-order chi connectivity index (χ1) is 11.6. The number of carbonyl (C=O) groups excluding carboxylic acids is 1. The molecule has 1 amide bonds. The minimum absolute atomic E-state index is 0.160. The zero-order valence-corrected chi connectivity index (χ0v) is 14.2. The zero-order valence-electron chi connectivity index (χ0n) is 14.2. The van der Waals surface area contributed by atoms with Gasteiger partial charge in [-0.05, 0) is 31.0 Å². The topological polar surface area (TPSA) is 70.2 Å². The van der Waals surface area contributed by atoms with Gasteiger partial charge in [0.15, 0.2) is 0 Å². The number of hydrogen-bond acceptors (Lipinski definition) is 4. The smallest absolute Gasteiger partial charge is 0.272 e. The number of nitrogens with zero attached hydrogens (tertiary/aromatic N) is 2. The number of morpholine rings is 1. The van der Waals surface area contributed by atoms with Crippen molar-refractivity contribution in [3.05, 3.63) is 52.8 Å². The predicted molar refractivity (Wildman–Crippen MR) is 91.6 cm³/mol. The molecule has 1 aliphatic rings. The van der Waals surface area contributed by atoms with Crippen LogP contribution >= 0.6 is 0 Å². The average Bonchev–Trinajstić information content (AvgIpc) is 3.00. The molecule has 0 unspecified atom stereocenters. The van der Waals surface area contributed by atoms with E-state index in [-0.39, 0.29) is 5.91 Å². The standard InChI is InChI=1S/C18H24N4O2/c1-13-8-17(21-20-13)18(23)19-10-15-4-3-5-16(9-15)12-22-6-7-24-14(2)11-22/h3-5,8-9,14H,6-7,10-12H2,1-2H3,(H,19,23)(H,20,21)/t14-/m0/s1. The number of rotatable bonds is 5. The zero-order chi connectivity index (χ0) is 16.9. The van der Waals surface area contributed by atoms with E-state index in [1.165, 1.54) is 5.56 Å². The number of nitrogens with one attached hydrogen (secondary N) is 2. The van der Waals surface area contributed by atoms with Crippen molar-refractivity contribution < 1.29 is 9.53 Å².